The lowest BCUT2D eigenvalue weighted by Gasteiger charge is -2.17. The Labute approximate surface area is 212 Å². The summed E-state index contributed by atoms with van der Waals surface area (Å²) in [5.41, 5.74) is 5.13. The predicted octanol–water partition coefficient (Wildman–Crippen LogP) is -5.60. The van der Waals surface area contributed by atoms with Crippen molar-refractivity contribution in [1.82, 2.24) is 37.2 Å². The zero-order chi connectivity index (χ0) is 28.7. The van der Waals surface area contributed by atoms with E-state index in [9.17, 15) is 38.4 Å². The van der Waals surface area contributed by atoms with Crippen molar-refractivity contribution in [3.05, 3.63) is 0 Å². The number of rotatable bonds is 15. The van der Waals surface area contributed by atoms with Crippen molar-refractivity contribution in [3.63, 3.8) is 0 Å². The zero-order valence-electron chi connectivity index (χ0n) is 20.9. The van der Waals surface area contributed by atoms with Gasteiger partial charge in [0.05, 0.1) is 26.2 Å². The van der Waals surface area contributed by atoms with Gasteiger partial charge in [-0.05, 0) is 27.7 Å². The lowest BCUT2D eigenvalue weighted by atomic mass is 10.2. The van der Waals surface area contributed by atoms with E-state index in [0.717, 1.165) is 0 Å². The Morgan fingerprint density at radius 2 is 0.811 bits per heavy atom. The van der Waals surface area contributed by atoms with Crippen LogP contribution in [0.25, 0.3) is 0 Å². The SMILES string of the molecule is C[C@H](NC(=O)CNC(=O)[C@H](C)NC(=O)CNC(=O)[C@H](C)NC(=O)CNC(=O)[C@H](C)NC(=O)CN)C(=O)O. The van der Waals surface area contributed by atoms with Crippen LogP contribution in [0.4, 0.5) is 0 Å². The van der Waals surface area contributed by atoms with Crippen molar-refractivity contribution >= 4 is 47.3 Å². The molecule has 0 saturated carbocycles. The molecular weight excluding hydrogens is 496 g/mol. The van der Waals surface area contributed by atoms with Gasteiger partial charge in [-0.25, -0.2) is 0 Å². The largest absolute Gasteiger partial charge is 0.480 e. The summed E-state index contributed by atoms with van der Waals surface area (Å²) in [4.78, 5) is 93.3. The van der Waals surface area contributed by atoms with Gasteiger partial charge in [-0.15, -0.1) is 0 Å². The van der Waals surface area contributed by atoms with Crippen molar-refractivity contribution in [2.45, 2.75) is 51.9 Å². The normalized spacial score (nSPS) is 13.4. The molecule has 0 aliphatic rings. The first kappa shape index (κ1) is 32.7. The first-order valence-electron chi connectivity index (χ1n) is 11.1. The van der Waals surface area contributed by atoms with Crippen LogP contribution in [-0.4, -0.2) is 103 Å². The first-order valence-corrected chi connectivity index (χ1v) is 11.1. The van der Waals surface area contributed by atoms with E-state index in [-0.39, 0.29) is 6.54 Å². The van der Waals surface area contributed by atoms with Gasteiger partial charge in [0.15, 0.2) is 0 Å². The second kappa shape index (κ2) is 16.4. The van der Waals surface area contributed by atoms with Crippen molar-refractivity contribution in [2.75, 3.05) is 26.2 Å². The Kier molecular flexibility index (Phi) is 14.5. The van der Waals surface area contributed by atoms with Crippen LogP contribution >= 0.6 is 0 Å². The topological polar surface area (TPSA) is 267 Å². The van der Waals surface area contributed by atoms with Gasteiger partial charge in [0.25, 0.3) is 0 Å². The van der Waals surface area contributed by atoms with Gasteiger partial charge in [-0.3, -0.25) is 38.4 Å². The molecule has 0 saturated heterocycles. The number of carbonyl (C=O) groups excluding carboxylic acids is 7. The number of carboxylic acids is 1. The molecule has 0 aromatic rings. The minimum atomic E-state index is -1.25. The smallest absolute Gasteiger partial charge is 0.325 e. The minimum Gasteiger partial charge on any atom is -0.480 e. The summed E-state index contributed by atoms with van der Waals surface area (Å²) in [6.07, 6.45) is 0. The number of amides is 7. The standard InChI is InChI=1S/C20H34N8O9/c1-9(25-13(29)5-21)17(33)22-6-14(30)26-10(2)18(34)23-7-15(31)27-11(3)19(35)24-8-16(32)28-12(4)20(36)37/h9-12H,5-8,21H2,1-4H3,(H,22,33)(H,23,34)(H,24,35)(H,25,29)(H,26,30)(H,27,31)(H,28,32)(H,36,37)/t9-,10-,11-,12-/m0/s1. The van der Waals surface area contributed by atoms with Gasteiger partial charge < -0.3 is 48.1 Å². The van der Waals surface area contributed by atoms with Crippen LogP contribution in [-0.2, 0) is 38.4 Å². The van der Waals surface area contributed by atoms with Gasteiger partial charge in [-0.1, -0.05) is 0 Å². The monoisotopic (exact) mass is 530 g/mol. The molecule has 0 aliphatic carbocycles. The summed E-state index contributed by atoms with van der Waals surface area (Å²) in [5, 5.41) is 24.5. The molecule has 0 bridgehead atoms. The second-order valence-corrected chi connectivity index (χ2v) is 7.85. The van der Waals surface area contributed by atoms with Crippen LogP contribution < -0.4 is 43.0 Å². The molecular formula is C20H34N8O9. The molecule has 0 aromatic carbocycles. The molecule has 0 aliphatic heterocycles. The summed E-state index contributed by atoms with van der Waals surface area (Å²) < 4.78 is 0. The molecule has 0 radical (unpaired) electrons. The Morgan fingerprint density at radius 1 is 0.541 bits per heavy atom. The van der Waals surface area contributed by atoms with Crippen LogP contribution in [0.2, 0.25) is 0 Å². The van der Waals surface area contributed by atoms with Gasteiger partial charge in [0.2, 0.25) is 41.4 Å². The molecule has 208 valence electrons. The number of carboxylic acid groups (broad SMARTS) is 1. The third-order valence-corrected chi connectivity index (χ3v) is 4.52. The maximum Gasteiger partial charge on any atom is 0.325 e. The molecule has 0 aromatic heterocycles. The van der Waals surface area contributed by atoms with Crippen LogP contribution in [0.1, 0.15) is 27.7 Å². The van der Waals surface area contributed by atoms with Crippen molar-refractivity contribution in [1.29, 1.82) is 0 Å². The molecule has 37 heavy (non-hydrogen) atoms. The molecule has 17 heteroatoms. The number of hydrogen-bond donors (Lipinski definition) is 9. The zero-order valence-corrected chi connectivity index (χ0v) is 20.9. The third kappa shape index (κ3) is 14.0. The lowest BCUT2D eigenvalue weighted by molar-refractivity contribution is -0.141. The van der Waals surface area contributed by atoms with E-state index in [1.54, 1.807) is 0 Å². The Hall–Kier alpha value is -4.28. The number of aliphatic carboxylic acids is 1. The Balaban J connectivity index is 4.34. The molecule has 0 heterocycles. The molecule has 4 atom stereocenters. The maximum absolute atomic E-state index is 12.1. The molecule has 0 fully saturated rings. The molecule has 7 amide bonds. The van der Waals surface area contributed by atoms with Gasteiger partial charge in [0.1, 0.15) is 24.2 Å². The number of nitrogens with one attached hydrogen (secondary N) is 7. The van der Waals surface area contributed by atoms with E-state index in [0.29, 0.717) is 0 Å². The van der Waals surface area contributed by atoms with Crippen molar-refractivity contribution in [2.24, 2.45) is 5.73 Å². The molecule has 0 rings (SSSR count). The fourth-order valence-electron chi connectivity index (χ4n) is 2.40. The van der Waals surface area contributed by atoms with Crippen LogP contribution in [0, 0.1) is 0 Å². The fourth-order valence-corrected chi connectivity index (χ4v) is 2.40. The second-order valence-electron chi connectivity index (χ2n) is 7.85. The van der Waals surface area contributed by atoms with Gasteiger partial charge in [-0.2, -0.15) is 0 Å². The third-order valence-electron chi connectivity index (χ3n) is 4.52. The Morgan fingerprint density at radius 3 is 1.08 bits per heavy atom. The minimum absolute atomic E-state index is 0.302. The highest BCUT2D eigenvalue weighted by Crippen LogP contribution is 1.87. The average molecular weight is 531 g/mol. The van der Waals surface area contributed by atoms with Crippen molar-refractivity contribution in [3.8, 4) is 0 Å². The number of nitrogens with two attached hydrogens (primary N) is 1. The average Bonchev–Trinajstić information content (AvgIpc) is 2.83. The lowest BCUT2D eigenvalue weighted by Crippen LogP contribution is -2.53. The maximum atomic E-state index is 12.1. The summed E-state index contributed by atoms with van der Waals surface area (Å²) in [6, 6.07) is -4.22. The highest BCUT2D eigenvalue weighted by molar-refractivity contribution is 5.94. The molecule has 10 N–H and O–H groups in total. The van der Waals surface area contributed by atoms with Crippen molar-refractivity contribution < 1.29 is 43.5 Å². The van der Waals surface area contributed by atoms with E-state index in [4.69, 9.17) is 10.8 Å². The van der Waals surface area contributed by atoms with Crippen LogP contribution in [0.5, 0.6) is 0 Å². The quantitative estimate of drug-likeness (QED) is 0.0968. The predicted molar refractivity (Wildman–Crippen MR) is 126 cm³/mol. The highest BCUT2D eigenvalue weighted by atomic mass is 16.4. The van der Waals surface area contributed by atoms with E-state index < -0.39 is 91.1 Å². The van der Waals surface area contributed by atoms with Gasteiger partial charge in [0, 0.05) is 0 Å². The highest BCUT2D eigenvalue weighted by Gasteiger charge is 2.21. The molecule has 0 spiro atoms. The van der Waals surface area contributed by atoms with E-state index in [1.165, 1.54) is 27.7 Å². The molecule has 17 nitrogen and oxygen atoms in total. The summed E-state index contributed by atoms with van der Waals surface area (Å²) in [7, 11) is 0. The Bertz CT molecular complexity index is 895. The summed E-state index contributed by atoms with van der Waals surface area (Å²) in [5.74, 6) is -6.06. The van der Waals surface area contributed by atoms with Gasteiger partial charge >= 0.3 is 5.97 Å². The summed E-state index contributed by atoms with van der Waals surface area (Å²) in [6.45, 7) is 3.50. The van der Waals surface area contributed by atoms with E-state index >= 15 is 0 Å². The van der Waals surface area contributed by atoms with Crippen LogP contribution in [0.3, 0.4) is 0 Å². The van der Waals surface area contributed by atoms with Crippen LogP contribution in [0.15, 0.2) is 0 Å². The van der Waals surface area contributed by atoms with E-state index in [2.05, 4.69) is 37.2 Å². The summed E-state index contributed by atoms with van der Waals surface area (Å²) >= 11 is 0. The van der Waals surface area contributed by atoms with E-state index in [1.807, 2.05) is 0 Å². The number of hydrogen-bond acceptors (Lipinski definition) is 9. The fraction of sp³-hybridized carbons (Fsp3) is 0.600. The number of carbonyl (C=O) groups is 8. The molecule has 0 unspecified atom stereocenters. The first-order chi connectivity index (χ1) is 17.2.